The first-order valence-corrected chi connectivity index (χ1v) is 9.24. The molecule has 1 heterocycles. The second-order valence-electron chi connectivity index (χ2n) is 6.69. The molecule has 0 saturated heterocycles. The summed E-state index contributed by atoms with van der Waals surface area (Å²) in [4.78, 5) is 30.6. The summed E-state index contributed by atoms with van der Waals surface area (Å²) in [5, 5.41) is 5.83. The van der Waals surface area contributed by atoms with Gasteiger partial charge in [-0.3, -0.25) is 9.59 Å². The smallest absolute Gasteiger partial charge is 0.220 e. The van der Waals surface area contributed by atoms with Gasteiger partial charge >= 0.3 is 0 Å². The third-order valence-corrected chi connectivity index (χ3v) is 4.66. The van der Waals surface area contributed by atoms with Crippen molar-refractivity contribution in [1.82, 2.24) is 20.6 Å². The van der Waals surface area contributed by atoms with Crippen molar-refractivity contribution in [1.29, 1.82) is 0 Å². The zero-order chi connectivity index (χ0) is 17.0. The van der Waals surface area contributed by atoms with Crippen molar-refractivity contribution in [2.45, 2.75) is 64.2 Å². The van der Waals surface area contributed by atoms with Crippen LogP contribution in [0.5, 0.6) is 0 Å². The molecule has 134 valence electrons. The summed E-state index contributed by atoms with van der Waals surface area (Å²) in [6.07, 6.45) is 13.6. The lowest BCUT2D eigenvalue weighted by molar-refractivity contribution is -0.126. The molecular weight excluding hydrogens is 304 g/mol. The maximum atomic E-state index is 11.9. The van der Waals surface area contributed by atoms with Gasteiger partial charge in [0, 0.05) is 44.2 Å². The fourth-order valence-corrected chi connectivity index (χ4v) is 3.16. The van der Waals surface area contributed by atoms with E-state index in [0.29, 0.717) is 12.5 Å². The minimum Gasteiger partial charge on any atom is -0.356 e. The standard InChI is InChI=1S/C18H30N4O2/c23-17(20-11-10-16-13-19-14-22-16)8-9-18(24)21-12-15-6-4-2-1-3-5-7-15/h13-15H,1-12H2,(H,19,22)(H,20,23)(H,21,24). The van der Waals surface area contributed by atoms with Gasteiger partial charge in [-0.25, -0.2) is 4.98 Å². The van der Waals surface area contributed by atoms with E-state index in [9.17, 15) is 9.59 Å². The lowest BCUT2D eigenvalue weighted by Gasteiger charge is -2.19. The first-order chi connectivity index (χ1) is 11.7. The zero-order valence-electron chi connectivity index (χ0n) is 14.5. The predicted molar refractivity (Wildman–Crippen MR) is 93.4 cm³/mol. The van der Waals surface area contributed by atoms with Crippen LogP contribution in [0, 0.1) is 5.92 Å². The van der Waals surface area contributed by atoms with E-state index < -0.39 is 0 Å². The molecule has 0 atom stereocenters. The number of H-pyrrole nitrogens is 1. The van der Waals surface area contributed by atoms with Gasteiger partial charge in [-0.1, -0.05) is 32.1 Å². The number of nitrogens with one attached hydrogen (secondary N) is 3. The normalized spacial score (nSPS) is 16.2. The van der Waals surface area contributed by atoms with E-state index in [2.05, 4.69) is 20.6 Å². The lowest BCUT2D eigenvalue weighted by Crippen LogP contribution is -2.31. The average Bonchev–Trinajstić information content (AvgIpc) is 3.05. The molecule has 6 heteroatoms. The first kappa shape index (κ1) is 18.5. The third-order valence-electron chi connectivity index (χ3n) is 4.66. The fraction of sp³-hybridized carbons (Fsp3) is 0.722. The van der Waals surface area contributed by atoms with Gasteiger partial charge in [-0.2, -0.15) is 0 Å². The number of aromatic nitrogens is 2. The number of rotatable bonds is 8. The van der Waals surface area contributed by atoms with Crippen molar-refractivity contribution in [3.05, 3.63) is 18.2 Å². The molecule has 1 aliphatic carbocycles. The number of hydrogen-bond acceptors (Lipinski definition) is 3. The van der Waals surface area contributed by atoms with Crippen molar-refractivity contribution >= 4 is 11.8 Å². The Labute approximate surface area is 144 Å². The third kappa shape index (κ3) is 7.62. The van der Waals surface area contributed by atoms with Gasteiger partial charge in [-0.15, -0.1) is 0 Å². The summed E-state index contributed by atoms with van der Waals surface area (Å²) in [7, 11) is 0. The number of imidazole rings is 1. The molecule has 2 rings (SSSR count). The van der Waals surface area contributed by atoms with Crippen molar-refractivity contribution in [3.63, 3.8) is 0 Å². The summed E-state index contributed by atoms with van der Waals surface area (Å²) < 4.78 is 0. The van der Waals surface area contributed by atoms with Gasteiger partial charge in [0.05, 0.1) is 6.33 Å². The Morgan fingerprint density at radius 3 is 2.38 bits per heavy atom. The van der Waals surface area contributed by atoms with E-state index >= 15 is 0 Å². The van der Waals surface area contributed by atoms with Crippen LogP contribution in [0.4, 0.5) is 0 Å². The van der Waals surface area contributed by atoms with E-state index in [1.54, 1.807) is 12.5 Å². The second-order valence-corrected chi connectivity index (χ2v) is 6.69. The van der Waals surface area contributed by atoms with Crippen molar-refractivity contribution in [2.24, 2.45) is 5.92 Å². The molecule has 0 aromatic carbocycles. The quantitative estimate of drug-likeness (QED) is 0.682. The van der Waals surface area contributed by atoms with Crippen LogP contribution in [0.15, 0.2) is 12.5 Å². The molecule has 24 heavy (non-hydrogen) atoms. The summed E-state index contributed by atoms with van der Waals surface area (Å²) in [6, 6.07) is 0. The van der Waals surface area contributed by atoms with Gasteiger partial charge in [0.15, 0.2) is 0 Å². The van der Waals surface area contributed by atoms with Crippen LogP contribution in [0.2, 0.25) is 0 Å². The number of hydrogen-bond donors (Lipinski definition) is 3. The molecule has 0 aliphatic heterocycles. The first-order valence-electron chi connectivity index (χ1n) is 9.24. The van der Waals surface area contributed by atoms with Crippen molar-refractivity contribution < 1.29 is 9.59 Å². The minimum absolute atomic E-state index is 0.0132. The summed E-state index contributed by atoms with van der Waals surface area (Å²) in [5.41, 5.74) is 0.993. The molecule has 2 amide bonds. The summed E-state index contributed by atoms with van der Waals surface area (Å²) >= 11 is 0. The summed E-state index contributed by atoms with van der Waals surface area (Å²) in [6.45, 7) is 1.32. The number of carbonyl (C=O) groups is 2. The monoisotopic (exact) mass is 334 g/mol. The zero-order valence-corrected chi connectivity index (χ0v) is 14.5. The lowest BCUT2D eigenvalue weighted by atomic mass is 9.91. The minimum atomic E-state index is -0.0735. The van der Waals surface area contributed by atoms with Crippen LogP contribution < -0.4 is 10.6 Å². The maximum Gasteiger partial charge on any atom is 0.220 e. The Kier molecular flexibility index (Phi) is 8.35. The van der Waals surface area contributed by atoms with Crippen molar-refractivity contribution in [2.75, 3.05) is 13.1 Å². The molecular formula is C18H30N4O2. The average molecular weight is 334 g/mol. The van der Waals surface area contributed by atoms with E-state index in [1.165, 1.54) is 44.9 Å². The van der Waals surface area contributed by atoms with Gasteiger partial charge in [0.2, 0.25) is 11.8 Å². The van der Waals surface area contributed by atoms with Crippen LogP contribution in [-0.4, -0.2) is 34.9 Å². The van der Waals surface area contributed by atoms with Crippen LogP contribution in [0.1, 0.15) is 63.5 Å². The Bertz CT molecular complexity index is 479. The Hall–Kier alpha value is -1.85. The van der Waals surface area contributed by atoms with Gasteiger partial charge in [0.1, 0.15) is 0 Å². The highest BCUT2D eigenvalue weighted by molar-refractivity contribution is 5.83. The molecule has 1 aliphatic rings. The molecule has 1 saturated carbocycles. The molecule has 1 aromatic heterocycles. The van der Waals surface area contributed by atoms with E-state index in [4.69, 9.17) is 0 Å². The SMILES string of the molecule is O=C(CCC(=O)NCC1CCCCCCC1)NCCc1cnc[nH]1. The Morgan fingerprint density at radius 1 is 1.04 bits per heavy atom. The molecule has 3 N–H and O–H groups in total. The molecule has 0 radical (unpaired) electrons. The van der Waals surface area contributed by atoms with Gasteiger partial charge in [0.25, 0.3) is 0 Å². The molecule has 0 bridgehead atoms. The molecule has 0 spiro atoms. The molecule has 1 aromatic rings. The van der Waals surface area contributed by atoms with E-state index in [-0.39, 0.29) is 24.7 Å². The highest BCUT2D eigenvalue weighted by Gasteiger charge is 2.13. The number of carbonyl (C=O) groups excluding carboxylic acids is 2. The number of amides is 2. The van der Waals surface area contributed by atoms with Gasteiger partial charge in [-0.05, 0) is 18.8 Å². The predicted octanol–water partition coefficient (Wildman–Crippen LogP) is 2.33. The molecule has 1 fully saturated rings. The number of aromatic amines is 1. The fourth-order valence-electron chi connectivity index (χ4n) is 3.16. The second kappa shape index (κ2) is 10.8. The Balaban J connectivity index is 1.52. The van der Waals surface area contributed by atoms with E-state index in [0.717, 1.165) is 18.7 Å². The van der Waals surface area contributed by atoms with Crippen LogP contribution in [0.3, 0.4) is 0 Å². The van der Waals surface area contributed by atoms with Crippen LogP contribution in [0.25, 0.3) is 0 Å². The molecule has 0 unspecified atom stereocenters. The van der Waals surface area contributed by atoms with E-state index in [1.807, 2.05) is 0 Å². The molecule has 6 nitrogen and oxygen atoms in total. The number of nitrogens with zero attached hydrogens (tertiary/aromatic N) is 1. The van der Waals surface area contributed by atoms with Crippen LogP contribution >= 0.6 is 0 Å². The maximum absolute atomic E-state index is 11.9. The van der Waals surface area contributed by atoms with Crippen molar-refractivity contribution in [3.8, 4) is 0 Å². The van der Waals surface area contributed by atoms with Crippen LogP contribution in [-0.2, 0) is 16.0 Å². The highest BCUT2D eigenvalue weighted by Crippen LogP contribution is 2.21. The highest BCUT2D eigenvalue weighted by atomic mass is 16.2. The van der Waals surface area contributed by atoms with Gasteiger partial charge < -0.3 is 15.6 Å². The Morgan fingerprint density at radius 2 is 1.71 bits per heavy atom. The largest absolute Gasteiger partial charge is 0.356 e. The topological polar surface area (TPSA) is 86.9 Å². The summed E-state index contributed by atoms with van der Waals surface area (Å²) in [5.74, 6) is 0.522.